The number of aryl methyl sites for hydroxylation is 5. The van der Waals surface area contributed by atoms with Gasteiger partial charge in [0.05, 0.1) is 15.9 Å². The summed E-state index contributed by atoms with van der Waals surface area (Å²) < 4.78 is 2.87. The van der Waals surface area contributed by atoms with Crippen LogP contribution in [0.2, 0.25) is 0 Å². The highest BCUT2D eigenvalue weighted by Gasteiger charge is 2.18. The third-order valence-electron chi connectivity index (χ3n) is 5.68. The van der Waals surface area contributed by atoms with E-state index in [0.717, 1.165) is 39.4 Å². The second-order valence-electron chi connectivity index (χ2n) is 8.15. The zero-order chi connectivity index (χ0) is 20.8. The molecule has 0 spiro atoms. The van der Waals surface area contributed by atoms with E-state index in [1.807, 2.05) is 25.1 Å². The number of thiazole rings is 1. The summed E-state index contributed by atoms with van der Waals surface area (Å²) in [5.41, 5.74) is 7.55. The predicted molar refractivity (Wildman–Crippen MR) is 122 cm³/mol. The van der Waals surface area contributed by atoms with Crippen LogP contribution < -0.4 is 5.32 Å². The molecule has 0 unspecified atom stereocenters. The number of nitrogens with one attached hydrogen (secondary N) is 1. The molecule has 1 N–H and O–H groups in total. The minimum atomic E-state index is -0.113. The van der Waals surface area contributed by atoms with E-state index < -0.39 is 0 Å². The van der Waals surface area contributed by atoms with Crippen LogP contribution in [-0.2, 0) is 12.8 Å². The molecule has 4 aromatic rings. The van der Waals surface area contributed by atoms with Crippen molar-refractivity contribution in [2.75, 3.05) is 5.32 Å². The highest BCUT2D eigenvalue weighted by molar-refractivity contribution is 7.20. The molecule has 152 valence electrons. The molecule has 1 aliphatic rings. The van der Waals surface area contributed by atoms with Gasteiger partial charge in [-0.1, -0.05) is 23.5 Å². The van der Waals surface area contributed by atoms with Gasteiger partial charge in [0.15, 0.2) is 0 Å². The van der Waals surface area contributed by atoms with Crippen molar-refractivity contribution >= 4 is 33.3 Å². The third-order valence-corrected chi connectivity index (χ3v) is 6.66. The molecule has 5 rings (SSSR count). The lowest BCUT2D eigenvalue weighted by molar-refractivity contribution is 0.102. The SMILES string of the molecule is Cc1cc(C)c2nc(-n3nc(C)cc3NC(=O)c3ccc4c(c3)CCCC4)sc2c1. The van der Waals surface area contributed by atoms with Gasteiger partial charge in [0.1, 0.15) is 5.82 Å². The van der Waals surface area contributed by atoms with E-state index in [2.05, 4.69) is 42.5 Å². The van der Waals surface area contributed by atoms with Gasteiger partial charge in [0, 0.05) is 11.6 Å². The van der Waals surface area contributed by atoms with E-state index in [4.69, 9.17) is 4.98 Å². The standard InChI is InChI=1S/C24H24N4OS/c1-14-10-15(2)22-20(11-14)30-24(26-22)28-21(12-16(3)27-28)25-23(29)19-9-8-17-6-4-5-7-18(17)13-19/h8-13H,4-7H2,1-3H3,(H,25,29). The maximum absolute atomic E-state index is 13.0. The van der Waals surface area contributed by atoms with Crippen LogP contribution in [0.25, 0.3) is 15.3 Å². The number of hydrogen-bond donors (Lipinski definition) is 1. The van der Waals surface area contributed by atoms with E-state index in [-0.39, 0.29) is 5.91 Å². The Balaban J connectivity index is 1.48. The van der Waals surface area contributed by atoms with Gasteiger partial charge in [-0.15, -0.1) is 0 Å². The number of carbonyl (C=O) groups is 1. The van der Waals surface area contributed by atoms with Gasteiger partial charge in [-0.2, -0.15) is 9.78 Å². The molecule has 0 saturated heterocycles. The number of amides is 1. The van der Waals surface area contributed by atoms with Crippen LogP contribution >= 0.6 is 11.3 Å². The summed E-state index contributed by atoms with van der Waals surface area (Å²) in [6, 6.07) is 12.2. The van der Waals surface area contributed by atoms with Gasteiger partial charge in [0.2, 0.25) is 5.13 Å². The average Bonchev–Trinajstić information content (AvgIpc) is 3.30. The second kappa shape index (κ2) is 7.36. The van der Waals surface area contributed by atoms with Crippen molar-refractivity contribution in [2.45, 2.75) is 46.5 Å². The van der Waals surface area contributed by atoms with Gasteiger partial charge in [-0.05, 0) is 86.9 Å². The van der Waals surface area contributed by atoms with Crippen LogP contribution in [0.1, 0.15) is 51.1 Å². The normalized spacial score (nSPS) is 13.4. The first kappa shape index (κ1) is 19.0. The monoisotopic (exact) mass is 416 g/mol. The van der Waals surface area contributed by atoms with Gasteiger partial charge in [0.25, 0.3) is 5.91 Å². The highest BCUT2D eigenvalue weighted by atomic mass is 32.1. The lowest BCUT2D eigenvalue weighted by atomic mass is 9.90. The number of aromatic nitrogens is 3. The fraction of sp³-hybridized carbons (Fsp3) is 0.292. The molecule has 6 heteroatoms. The Morgan fingerprint density at radius 1 is 1.03 bits per heavy atom. The predicted octanol–water partition coefficient (Wildman–Crippen LogP) is 5.54. The molecule has 2 aromatic carbocycles. The number of benzene rings is 2. The van der Waals surface area contributed by atoms with Crippen molar-refractivity contribution in [1.82, 2.24) is 14.8 Å². The zero-order valence-corrected chi connectivity index (χ0v) is 18.3. The Kier molecular flexibility index (Phi) is 4.66. The molecule has 1 amide bonds. The van der Waals surface area contributed by atoms with Crippen LogP contribution in [0.15, 0.2) is 36.4 Å². The van der Waals surface area contributed by atoms with E-state index in [0.29, 0.717) is 11.4 Å². The van der Waals surface area contributed by atoms with Crippen molar-refractivity contribution in [1.29, 1.82) is 0 Å². The molecule has 2 aromatic heterocycles. The topological polar surface area (TPSA) is 59.8 Å². The van der Waals surface area contributed by atoms with Crippen molar-refractivity contribution in [3.63, 3.8) is 0 Å². The minimum absolute atomic E-state index is 0.113. The smallest absolute Gasteiger partial charge is 0.256 e. The molecule has 0 radical (unpaired) electrons. The lowest BCUT2D eigenvalue weighted by Crippen LogP contribution is -2.16. The largest absolute Gasteiger partial charge is 0.306 e. The van der Waals surface area contributed by atoms with Crippen LogP contribution in [0.4, 0.5) is 5.82 Å². The fourth-order valence-electron chi connectivity index (χ4n) is 4.25. The zero-order valence-electron chi connectivity index (χ0n) is 17.5. The number of hydrogen-bond acceptors (Lipinski definition) is 4. The molecule has 0 aliphatic heterocycles. The molecule has 1 aliphatic carbocycles. The Hall–Kier alpha value is -2.99. The summed E-state index contributed by atoms with van der Waals surface area (Å²) in [6.45, 7) is 6.09. The van der Waals surface area contributed by atoms with Crippen LogP contribution in [0.3, 0.4) is 0 Å². The van der Waals surface area contributed by atoms with Gasteiger partial charge >= 0.3 is 0 Å². The van der Waals surface area contributed by atoms with Gasteiger partial charge < -0.3 is 5.32 Å². The number of nitrogens with zero attached hydrogens (tertiary/aromatic N) is 3. The van der Waals surface area contributed by atoms with Crippen LogP contribution in [0.5, 0.6) is 0 Å². The van der Waals surface area contributed by atoms with E-state index >= 15 is 0 Å². The number of fused-ring (bicyclic) bond motifs is 2. The van der Waals surface area contributed by atoms with Gasteiger partial charge in [-0.25, -0.2) is 4.98 Å². The summed E-state index contributed by atoms with van der Waals surface area (Å²) in [7, 11) is 0. The number of carbonyl (C=O) groups excluding carboxylic acids is 1. The van der Waals surface area contributed by atoms with Crippen molar-refractivity contribution in [2.24, 2.45) is 0 Å². The second-order valence-corrected chi connectivity index (χ2v) is 9.16. The van der Waals surface area contributed by atoms with Crippen LogP contribution in [-0.4, -0.2) is 20.7 Å². The first-order chi connectivity index (χ1) is 14.5. The summed E-state index contributed by atoms with van der Waals surface area (Å²) >= 11 is 1.59. The Bertz CT molecular complexity index is 1280. The first-order valence-corrected chi connectivity index (χ1v) is 11.2. The van der Waals surface area contributed by atoms with Crippen molar-refractivity contribution in [3.8, 4) is 5.13 Å². The molecule has 0 bridgehead atoms. The average molecular weight is 417 g/mol. The molecular weight excluding hydrogens is 392 g/mol. The molecule has 0 fully saturated rings. The molecule has 0 saturated carbocycles. The number of anilines is 1. The van der Waals surface area contributed by atoms with E-state index in [1.54, 1.807) is 16.0 Å². The lowest BCUT2D eigenvalue weighted by Gasteiger charge is -2.16. The van der Waals surface area contributed by atoms with Crippen molar-refractivity contribution < 1.29 is 4.79 Å². The Labute approximate surface area is 179 Å². The molecule has 30 heavy (non-hydrogen) atoms. The van der Waals surface area contributed by atoms with E-state index in [1.165, 1.54) is 29.5 Å². The summed E-state index contributed by atoms with van der Waals surface area (Å²) in [5.74, 6) is 0.529. The van der Waals surface area contributed by atoms with Crippen LogP contribution in [0, 0.1) is 20.8 Å². The minimum Gasteiger partial charge on any atom is -0.306 e. The summed E-state index contributed by atoms with van der Waals surface area (Å²) in [6.07, 6.45) is 4.59. The number of rotatable bonds is 3. The van der Waals surface area contributed by atoms with E-state index in [9.17, 15) is 4.79 Å². The first-order valence-electron chi connectivity index (χ1n) is 10.4. The molecule has 0 atom stereocenters. The van der Waals surface area contributed by atoms with Crippen molar-refractivity contribution in [3.05, 3.63) is 69.9 Å². The highest BCUT2D eigenvalue weighted by Crippen LogP contribution is 2.30. The third kappa shape index (κ3) is 3.41. The maximum atomic E-state index is 13.0. The molecule has 5 nitrogen and oxygen atoms in total. The Morgan fingerprint density at radius 2 is 1.83 bits per heavy atom. The fourth-order valence-corrected chi connectivity index (χ4v) is 5.35. The van der Waals surface area contributed by atoms with Gasteiger partial charge in [-0.3, -0.25) is 4.79 Å². The maximum Gasteiger partial charge on any atom is 0.256 e. The Morgan fingerprint density at radius 3 is 2.67 bits per heavy atom. The summed E-state index contributed by atoms with van der Waals surface area (Å²) in [5, 5.41) is 8.40. The molecular formula is C24H24N4OS. The summed E-state index contributed by atoms with van der Waals surface area (Å²) in [4.78, 5) is 17.8. The quantitative estimate of drug-likeness (QED) is 0.477. The molecule has 2 heterocycles.